The van der Waals surface area contributed by atoms with E-state index in [2.05, 4.69) is 4.74 Å². The van der Waals surface area contributed by atoms with Crippen LogP contribution in [0, 0.1) is 0 Å². The van der Waals surface area contributed by atoms with Gasteiger partial charge in [0, 0.05) is 20.0 Å². The van der Waals surface area contributed by atoms with Crippen LogP contribution in [0.2, 0.25) is 0 Å². The highest BCUT2D eigenvalue weighted by molar-refractivity contribution is 5.71. The van der Waals surface area contributed by atoms with Gasteiger partial charge in [-0.25, -0.2) is 0 Å². The zero-order valence-electron chi connectivity index (χ0n) is 7.62. The first kappa shape index (κ1) is 11.9. The number of esters is 1. The average Bonchev–Trinajstić information content (AvgIpc) is 2.04. The molecule has 5 heteroatoms. The van der Waals surface area contributed by atoms with Crippen molar-refractivity contribution < 1.29 is 24.2 Å². The molecule has 1 N–H and O–H groups in total. The highest BCUT2D eigenvalue weighted by atomic mass is 16.6. The summed E-state index contributed by atoms with van der Waals surface area (Å²) in [6.07, 6.45) is 0.469. The number of methoxy groups -OCH3 is 1. The molecule has 5 nitrogen and oxygen atoms in total. The van der Waals surface area contributed by atoms with Gasteiger partial charge in [0.2, 0.25) is 0 Å². The lowest BCUT2D eigenvalue weighted by Gasteiger charge is -2.02. The second-order valence-corrected chi connectivity index (χ2v) is 2.46. The van der Waals surface area contributed by atoms with Crippen LogP contribution >= 0.6 is 0 Å². The first-order chi connectivity index (χ1) is 6.16. The maximum Gasteiger partial charge on any atom is 0.305 e. The van der Waals surface area contributed by atoms with E-state index in [-0.39, 0.29) is 25.4 Å². The summed E-state index contributed by atoms with van der Waals surface area (Å²) >= 11 is 0. The molecule has 0 bridgehead atoms. The van der Waals surface area contributed by atoms with Crippen molar-refractivity contribution in [1.29, 1.82) is 0 Å². The van der Waals surface area contributed by atoms with E-state index < -0.39 is 5.97 Å². The first-order valence-corrected chi connectivity index (χ1v) is 4.03. The summed E-state index contributed by atoms with van der Waals surface area (Å²) in [5, 5.41) is 8.27. The quantitative estimate of drug-likeness (QED) is 0.465. The topological polar surface area (TPSA) is 72.8 Å². The Hall–Kier alpha value is -1.10. The fraction of sp³-hybridized carbons (Fsp3) is 0.750. The van der Waals surface area contributed by atoms with Gasteiger partial charge in [0.25, 0.3) is 0 Å². The Labute approximate surface area is 76.6 Å². The fourth-order valence-electron chi connectivity index (χ4n) is 0.695. The second kappa shape index (κ2) is 7.54. The smallest absolute Gasteiger partial charge is 0.305 e. The second-order valence-electron chi connectivity index (χ2n) is 2.46. The molecule has 0 amide bonds. The Morgan fingerprint density at radius 1 is 1.23 bits per heavy atom. The molecule has 0 aliphatic rings. The van der Waals surface area contributed by atoms with Crippen molar-refractivity contribution in [3.8, 4) is 0 Å². The van der Waals surface area contributed by atoms with Crippen LogP contribution in [0.5, 0.6) is 0 Å². The standard InChI is InChI=1S/C8H14O5/c1-12-5-6-13-8(11)4-2-3-7(9)10/h2-6H2,1H3,(H,9,10). The molecule has 0 radical (unpaired) electrons. The fourth-order valence-corrected chi connectivity index (χ4v) is 0.695. The number of aliphatic carboxylic acids is 1. The SMILES string of the molecule is COCCOC(=O)CCCC(=O)O. The molecule has 0 rings (SSSR count). The van der Waals surface area contributed by atoms with E-state index in [0.717, 1.165) is 0 Å². The molecule has 0 aliphatic carbocycles. The van der Waals surface area contributed by atoms with Crippen molar-refractivity contribution in [2.24, 2.45) is 0 Å². The molecular weight excluding hydrogens is 176 g/mol. The summed E-state index contributed by atoms with van der Waals surface area (Å²) in [4.78, 5) is 20.9. The minimum Gasteiger partial charge on any atom is -0.481 e. The third-order valence-electron chi connectivity index (χ3n) is 1.32. The van der Waals surface area contributed by atoms with E-state index in [0.29, 0.717) is 13.0 Å². The molecule has 0 spiro atoms. The number of carboxylic acid groups (broad SMARTS) is 1. The van der Waals surface area contributed by atoms with Gasteiger partial charge in [-0.15, -0.1) is 0 Å². The largest absolute Gasteiger partial charge is 0.481 e. The third-order valence-corrected chi connectivity index (χ3v) is 1.32. The zero-order valence-corrected chi connectivity index (χ0v) is 7.62. The summed E-state index contributed by atoms with van der Waals surface area (Å²) < 4.78 is 9.37. The Kier molecular flexibility index (Phi) is 6.91. The van der Waals surface area contributed by atoms with E-state index in [1.165, 1.54) is 7.11 Å². The van der Waals surface area contributed by atoms with Gasteiger partial charge in [0.1, 0.15) is 6.61 Å². The minimum atomic E-state index is -0.898. The molecule has 13 heavy (non-hydrogen) atoms. The molecule has 0 aromatic rings. The molecule has 0 aromatic carbocycles. The molecule has 0 saturated heterocycles. The lowest BCUT2D eigenvalue weighted by atomic mass is 10.2. The van der Waals surface area contributed by atoms with Crippen molar-refractivity contribution in [2.75, 3.05) is 20.3 Å². The van der Waals surface area contributed by atoms with Gasteiger partial charge in [-0.1, -0.05) is 0 Å². The molecule has 0 atom stereocenters. The molecule has 0 fully saturated rings. The first-order valence-electron chi connectivity index (χ1n) is 4.03. The van der Waals surface area contributed by atoms with Crippen LogP contribution in [0.4, 0.5) is 0 Å². The molecule has 0 heterocycles. The van der Waals surface area contributed by atoms with Crippen molar-refractivity contribution in [2.45, 2.75) is 19.3 Å². The Morgan fingerprint density at radius 3 is 2.46 bits per heavy atom. The number of carbonyl (C=O) groups is 2. The van der Waals surface area contributed by atoms with Gasteiger partial charge in [-0.2, -0.15) is 0 Å². The van der Waals surface area contributed by atoms with E-state index in [4.69, 9.17) is 9.84 Å². The molecule has 0 aromatic heterocycles. The lowest BCUT2D eigenvalue weighted by molar-refractivity contribution is -0.145. The van der Waals surface area contributed by atoms with Crippen molar-refractivity contribution >= 4 is 11.9 Å². The van der Waals surface area contributed by atoms with Crippen LogP contribution in [-0.2, 0) is 19.1 Å². The Morgan fingerprint density at radius 2 is 1.92 bits per heavy atom. The van der Waals surface area contributed by atoms with Crippen LogP contribution in [-0.4, -0.2) is 37.4 Å². The number of rotatable bonds is 7. The highest BCUT2D eigenvalue weighted by Crippen LogP contribution is 1.97. The van der Waals surface area contributed by atoms with Crippen LogP contribution in [0.3, 0.4) is 0 Å². The number of carboxylic acids is 1. The van der Waals surface area contributed by atoms with Gasteiger partial charge in [0.15, 0.2) is 0 Å². The van der Waals surface area contributed by atoms with Gasteiger partial charge in [-0.05, 0) is 6.42 Å². The molecule has 0 aliphatic heterocycles. The summed E-state index contributed by atoms with van der Waals surface area (Å²) in [6, 6.07) is 0. The summed E-state index contributed by atoms with van der Waals surface area (Å²) in [7, 11) is 1.51. The van der Waals surface area contributed by atoms with Gasteiger partial charge in [0.05, 0.1) is 6.61 Å². The van der Waals surface area contributed by atoms with Crippen molar-refractivity contribution in [1.82, 2.24) is 0 Å². The average molecular weight is 190 g/mol. The Bertz CT molecular complexity index is 166. The lowest BCUT2D eigenvalue weighted by Crippen LogP contribution is -2.09. The summed E-state index contributed by atoms with van der Waals surface area (Å²) in [5.41, 5.74) is 0. The monoisotopic (exact) mass is 190 g/mol. The van der Waals surface area contributed by atoms with Crippen LogP contribution in [0.1, 0.15) is 19.3 Å². The van der Waals surface area contributed by atoms with E-state index >= 15 is 0 Å². The van der Waals surface area contributed by atoms with Gasteiger partial charge in [-0.3, -0.25) is 9.59 Å². The summed E-state index contributed by atoms with van der Waals surface area (Å²) in [5.74, 6) is -1.28. The minimum absolute atomic E-state index is 0.000617. The Balaban J connectivity index is 3.25. The third kappa shape index (κ3) is 8.81. The summed E-state index contributed by atoms with van der Waals surface area (Å²) in [6.45, 7) is 0.590. The van der Waals surface area contributed by atoms with Crippen LogP contribution < -0.4 is 0 Å². The molecular formula is C8H14O5. The zero-order chi connectivity index (χ0) is 10.1. The van der Waals surface area contributed by atoms with Crippen LogP contribution in [0.25, 0.3) is 0 Å². The van der Waals surface area contributed by atoms with Gasteiger partial charge >= 0.3 is 11.9 Å². The number of ether oxygens (including phenoxy) is 2. The molecule has 0 unspecified atom stereocenters. The van der Waals surface area contributed by atoms with E-state index in [1.54, 1.807) is 0 Å². The number of carbonyl (C=O) groups excluding carboxylic acids is 1. The van der Waals surface area contributed by atoms with Crippen molar-refractivity contribution in [3.05, 3.63) is 0 Å². The maximum atomic E-state index is 10.8. The van der Waals surface area contributed by atoms with E-state index in [1.807, 2.05) is 0 Å². The normalized spacial score (nSPS) is 9.62. The van der Waals surface area contributed by atoms with Gasteiger partial charge < -0.3 is 14.6 Å². The number of hydrogen-bond donors (Lipinski definition) is 1. The van der Waals surface area contributed by atoms with E-state index in [9.17, 15) is 9.59 Å². The van der Waals surface area contributed by atoms with Crippen molar-refractivity contribution in [3.63, 3.8) is 0 Å². The molecule has 76 valence electrons. The predicted molar refractivity (Wildman–Crippen MR) is 44.3 cm³/mol. The highest BCUT2D eigenvalue weighted by Gasteiger charge is 2.04. The number of hydrogen-bond acceptors (Lipinski definition) is 4. The maximum absolute atomic E-state index is 10.8. The van der Waals surface area contributed by atoms with Crippen LogP contribution in [0.15, 0.2) is 0 Å². The molecule has 0 saturated carbocycles. The predicted octanol–water partition coefficient (Wildman–Crippen LogP) is 0.431.